The molecule has 1 aliphatic heterocycles. The summed E-state index contributed by atoms with van der Waals surface area (Å²) in [4.78, 5) is 17.8. The van der Waals surface area contributed by atoms with Gasteiger partial charge in [0.25, 0.3) is 5.91 Å². The van der Waals surface area contributed by atoms with Gasteiger partial charge in [0.05, 0.1) is 15.9 Å². The Morgan fingerprint density at radius 1 is 1.13 bits per heavy atom. The Morgan fingerprint density at radius 2 is 1.87 bits per heavy atom. The molecule has 0 atom stereocenters. The zero-order valence-corrected chi connectivity index (χ0v) is 18.1. The van der Waals surface area contributed by atoms with E-state index in [-0.39, 0.29) is 10.8 Å². The van der Waals surface area contributed by atoms with Gasteiger partial charge in [-0.1, -0.05) is 25.1 Å². The molecule has 158 valence electrons. The third-order valence-corrected chi connectivity index (χ3v) is 7.38. The number of aromatic nitrogens is 2. The van der Waals surface area contributed by atoms with Crippen molar-refractivity contribution in [2.75, 3.05) is 18.4 Å². The van der Waals surface area contributed by atoms with Gasteiger partial charge in [-0.15, -0.1) is 0 Å². The van der Waals surface area contributed by atoms with E-state index in [0.29, 0.717) is 30.2 Å². The molecule has 1 aromatic heterocycles. The summed E-state index contributed by atoms with van der Waals surface area (Å²) < 4.78 is 29.3. The molecule has 7 nitrogen and oxygen atoms in total. The minimum atomic E-state index is -3.59. The lowest BCUT2D eigenvalue weighted by Crippen LogP contribution is -2.28. The molecule has 0 saturated carbocycles. The molecule has 30 heavy (non-hydrogen) atoms. The van der Waals surface area contributed by atoms with Crippen molar-refractivity contribution < 1.29 is 13.2 Å². The molecular weight excluding hydrogens is 400 g/mol. The largest absolute Gasteiger partial charge is 0.310 e. The van der Waals surface area contributed by atoms with E-state index in [1.165, 1.54) is 10.4 Å². The van der Waals surface area contributed by atoms with Crippen LogP contribution < -0.4 is 5.32 Å². The summed E-state index contributed by atoms with van der Waals surface area (Å²) in [5.74, 6) is 0.105. The maximum Gasteiger partial charge on any atom is 0.258 e. The lowest BCUT2D eigenvalue weighted by Gasteiger charge is -2.17. The van der Waals surface area contributed by atoms with E-state index < -0.39 is 10.0 Å². The molecule has 0 spiro atoms. The SMILES string of the molecule is CCCn1c(NC(=O)c2cc(S(=O)(=O)N3CCCC3)ccc2C)nc2ccccc21. The van der Waals surface area contributed by atoms with Crippen LogP contribution in [0.15, 0.2) is 47.4 Å². The number of rotatable bonds is 6. The van der Waals surface area contributed by atoms with Gasteiger partial charge in [-0.2, -0.15) is 4.31 Å². The molecule has 1 N–H and O–H groups in total. The minimum absolute atomic E-state index is 0.155. The molecule has 4 rings (SSSR count). The van der Waals surface area contributed by atoms with Crippen LogP contribution in [0, 0.1) is 6.92 Å². The van der Waals surface area contributed by atoms with Crippen LogP contribution in [0.5, 0.6) is 0 Å². The molecule has 1 amide bonds. The van der Waals surface area contributed by atoms with E-state index in [1.54, 1.807) is 19.1 Å². The van der Waals surface area contributed by atoms with Gasteiger partial charge >= 0.3 is 0 Å². The van der Waals surface area contributed by atoms with Gasteiger partial charge < -0.3 is 4.57 Å². The maximum absolute atomic E-state index is 13.1. The molecule has 0 aliphatic carbocycles. The van der Waals surface area contributed by atoms with E-state index in [9.17, 15) is 13.2 Å². The first kappa shape index (κ1) is 20.6. The van der Waals surface area contributed by atoms with Crippen LogP contribution in [0.3, 0.4) is 0 Å². The number of benzene rings is 2. The highest BCUT2D eigenvalue weighted by Crippen LogP contribution is 2.25. The number of carbonyl (C=O) groups is 1. The molecule has 2 aromatic carbocycles. The smallest absolute Gasteiger partial charge is 0.258 e. The Morgan fingerprint density at radius 3 is 2.60 bits per heavy atom. The second-order valence-corrected chi connectivity index (χ2v) is 9.56. The van der Waals surface area contributed by atoms with Gasteiger partial charge in [0.1, 0.15) is 0 Å². The van der Waals surface area contributed by atoms with E-state index in [2.05, 4.69) is 17.2 Å². The molecule has 1 saturated heterocycles. The lowest BCUT2D eigenvalue weighted by molar-refractivity contribution is 0.102. The van der Waals surface area contributed by atoms with Gasteiger partial charge in [-0.05, 0) is 56.0 Å². The summed E-state index contributed by atoms with van der Waals surface area (Å²) in [7, 11) is -3.59. The Labute approximate surface area is 176 Å². The van der Waals surface area contributed by atoms with E-state index in [0.717, 1.165) is 36.8 Å². The molecule has 0 unspecified atom stereocenters. The standard InChI is InChI=1S/C22H26N4O3S/c1-3-12-26-20-9-5-4-8-19(20)23-22(26)24-21(27)18-15-17(11-10-16(18)2)30(28,29)25-13-6-7-14-25/h4-5,8-11,15H,3,6-7,12-14H2,1-2H3,(H,23,24,27). The average molecular weight is 427 g/mol. The summed E-state index contributed by atoms with van der Waals surface area (Å²) in [6.45, 7) is 5.64. The first-order valence-corrected chi connectivity index (χ1v) is 11.7. The summed E-state index contributed by atoms with van der Waals surface area (Å²) >= 11 is 0. The van der Waals surface area contributed by atoms with Crippen LogP contribution in [0.4, 0.5) is 5.95 Å². The maximum atomic E-state index is 13.1. The molecule has 0 radical (unpaired) electrons. The fraction of sp³-hybridized carbons (Fsp3) is 0.364. The normalized spacial score (nSPS) is 15.0. The number of para-hydroxylation sites is 2. The number of amides is 1. The van der Waals surface area contributed by atoms with Crippen LogP contribution in [-0.4, -0.2) is 41.3 Å². The van der Waals surface area contributed by atoms with Crippen molar-refractivity contribution in [3.05, 3.63) is 53.6 Å². The van der Waals surface area contributed by atoms with E-state index in [1.807, 2.05) is 28.8 Å². The number of nitrogens with zero attached hydrogens (tertiary/aromatic N) is 3. The first-order valence-electron chi connectivity index (χ1n) is 10.3. The summed E-state index contributed by atoms with van der Waals surface area (Å²) in [6, 6.07) is 12.5. The molecular formula is C22H26N4O3S. The topological polar surface area (TPSA) is 84.3 Å². The van der Waals surface area contributed by atoms with Crippen molar-refractivity contribution in [2.45, 2.75) is 44.6 Å². The Hall–Kier alpha value is -2.71. The number of imidazole rings is 1. The Bertz CT molecular complexity index is 1190. The van der Waals surface area contributed by atoms with Crippen molar-refractivity contribution in [1.29, 1.82) is 0 Å². The van der Waals surface area contributed by atoms with Crippen LogP contribution in [0.1, 0.15) is 42.1 Å². The average Bonchev–Trinajstić information content (AvgIpc) is 3.38. The second kappa shape index (κ2) is 8.20. The summed E-state index contributed by atoms with van der Waals surface area (Å²) in [5, 5.41) is 2.89. The second-order valence-electron chi connectivity index (χ2n) is 7.62. The number of hydrogen-bond acceptors (Lipinski definition) is 4. The van der Waals surface area contributed by atoms with Crippen LogP contribution >= 0.6 is 0 Å². The zero-order chi connectivity index (χ0) is 21.3. The summed E-state index contributed by atoms with van der Waals surface area (Å²) in [5.41, 5.74) is 2.82. The Balaban J connectivity index is 1.67. The van der Waals surface area contributed by atoms with Gasteiger partial charge in [0.2, 0.25) is 16.0 Å². The highest BCUT2D eigenvalue weighted by molar-refractivity contribution is 7.89. The molecule has 3 aromatic rings. The van der Waals surface area contributed by atoms with E-state index >= 15 is 0 Å². The predicted molar refractivity (Wildman–Crippen MR) is 117 cm³/mol. The van der Waals surface area contributed by atoms with Gasteiger partial charge in [0.15, 0.2) is 0 Å². The van der Waals surface area contributed by atoms with Gasteiger partial charge in [-0.3, -0.25) is 10.1 Å². The predicted octanol–water partition coefficient (Wildman–Crippen LogP) is 3.79. The monoisotopic (exact) mass is 426 g/mol. The molecule has 1 aliphatic rings. The lowest BCUT2D eigenvalue weighted by atomic mass is 10.1. The zero-order valence-electron chi connectivity index (χ0n) is 17.3. The quantitative estimate of drug-likeness (QED) is 0.650. The van der Waals surface area contributed by atoms with Crippen molar-refractivity contribution in [2.24, 2.45) is 0 Å². The fourth-order valence-electron chi connectivity index (χ4n) is 3.87. The third-order valence-electron chi connectivity index (χ3n) is 5.48. The number of fused-ring (bicyclic) bond motifs is 1. The Kier molecular flexibility index (Phi) is 5.62. The van der Waals surface area contributed by atoms with Crippen LogP contribution in [0.2, 0.25) is 0 Å². The molecule has 1 fully saturated rings. The number of anilines is 1. The third kappa shape index (κ3) is 3.73. The number of nitrogens with one attached hydrogen (secondary N) is 1. The van der Waals surface area contributed by atoms with Crippen molar-refractivity contribution in [3.8, 4) is 0 Å². The highest BCUT2D eigenvalue weighted by Gasteiger charge is 2.28. The summed E-state index contributed by atoms with van der Waals surface area (Å²) in [6.07, 6.45) is 2.63. The number of sulfonamides is 1. The molecule has 8 heteroatoms. The fourth-order valence-corrected chi connectivity index (χ4v) is 5.42. The highest BCUT2D eigenvalue weighted by atomic mass is 32.2. The van der Waals surface area contributed by atoms with Gasteiger partial charge in [-0.25, -0.2) is 13.4 Å². The van der Waals surface area contributed by atoms with Crippen molar-refractivity contribution >= 4 is 32.9 Å². The van der Waals surface area contributed by atoms with E-state index in [4.69, 9.17) is 0 Å². The molecule has 0 bridgehead atoms. The van der Waals surface area contributed by atoms with Gasteiger partial charge in [0, 0.05) is 25.2 Å². The van der Waals surface area contributed by atoms with Crippen molar-refractivity contribution in [1.82, 2.24) is 13.9 Å². The first-order chi connectivity index (χ1) is 14.4. The number of aryl methyl sites for hydroxylation is 2. The molecule has 2 heterocycles. The van der Waals surface area contributed by atoms with Crippen molar-refractivity contribution in [3.63, 3.8) is 0 Å². The number of carbonyl (C=O) groups excluding carboxylic acids is 1. The minimum Gasteiger partial charge on any atom is -0.310 e. The number of hydrogen-bond donors (Lipinski definition) is 1. The van der Waals surface area contributed by atoms with Crippen LogP contribution in [0.25, 0.3) is 11.0 Å². The van der Waals surface area contributed by atoms with Crippen LogP contribution in [-0.2, 0) is 16.6 Å².